The number of aliphatic carboxylic acids is 1. The van der Waals surface area contributed by atoms with Gasteiger partial charge in [0.2, 0.25) is 0 Å². The number of rotatable bonds is 5. The molecule has 7 heteroatoms. The topological polar surface area (TPSA) is 104 Å². The van der Waals surface area contributed by atoms with E-state index in [0.29, 0.717) is 5.82 Å². The second kappa shape index (κ2) is 6.90. The molecule has 108 valence electrons. The predicted molar refractivity (Wildman–Crippen MR) is 74.0 cm³/mol. The molecule has 0 saturated carbocycles. The molecule has 1 amide bonds. The van der Waals surface area contributed by atoms with Crippen molar-refractivity contribution in [2.75, 3.05) is 0 Å². The zero-order valence-electron chi connectivity index (χ0n) is 10.9. The Labute approximate surface area is 120 Å². The number of nitrogens with one attached hydrogen (secondary N) is 2. The Balaban J connectivity index is 1.94. The van der Waals surface area contributed by atoms with Gasteiger partial charge in [-0.2, -0.15) is 0 Å². The maximum atomic E-state index is 11.6. The van der Waals surface area contributed by atoms with Gasteiger partial charge < -0.3 is 14.8 Å². The minimum Gasteiger partial charge on any atom is -0.477 e. The van der Waals surface area contributed by atoms with Gasteiger partial charge in [0.1, 0.15) is 18.1 Å². The van der Waals surface area contributed by atoms with Gasteiger partial charge in [0.25, 0.3) is 0 Å². The number of aromatic nitrogens is 2. The van der Waals surface area contributed by atoms with Crippen LogP contribution in [-0.4, -0.2) is 27.1 Å². The number of alkyl carbamates (subject to hydrolysis) is 1. The first-order valence-corrected chi connectivity index (χ1v) is 6.07. The lowest BCUT2D eigenvalue weighted by Crippen LogP contribution is -2.27. The van der Waals surface area contributed by atoms with E-state index in [2.05, 4.69) is 15.3 Å². The Hall–Kier alpha value is -3.09. The summed E-state index contributed by atoms with van der Waals surface area (Å²) >= 11 is 0. The maximum absolute atomic E-state index is 11.6. The summed E-state index contributed by atoms with van der Waals surface area (Å²) in [6, 6.07) is 9.07. The van der Waals surface area contributed by atoms with Crippen molar-refractivity contribution in [3.8, 4) is 0 Å². The SMILES string of the molecule is O=C(NC(=Cc1ncc[nH]1)C(=O)O)OCc1ccccc1. The first-order chi connectivity index (χ1) is 10.1. The zero-order chi connectivity index (χ0) is 15.1. The molecule has 0 unspecified atom stereocenters. The quantitative estimate of drug-likeness (QED) is 0.727. The first kappa shape index (κ1) is 14.3. The number of imidazole rings is 1. The lowest BCUT2D eigenvalue weighted by atomic mass is 10.2. The number of hydrogen-bond acceptors (Lipinski definition) is 4. The van der Waals surface area contributed by atoms with Crippen LogP contribution in [0.4, 0.5) is 4.79 Å². The molecule has 3 N–H and O–H groups in total. The number of aromatic amines is 1. The van der Waals surface area contributed by atoms with E-state index in [1.807, 2.05) is 18.2 Å². The van der Waals surface area contributed by atoms with Gasteiger partial charge in [-0.15, -0.1) is 0 Å². The molecule has 7 nitrogen and oxygen atoms in total. The summed E-state index contributed by atoms with van der Waals surface area (Å²) in [7, 11) is 0. The number of carbonyl (C=O) groups excluding carboxylic acids is 1. The minimum absolute atomic E-state index is 0.0559. The highest BCUT2D eigenvalue weighted by molar-refractivity contribution is 5.95. The van der Waals surface area contributed by atoms with Crippen molar-refractivity contribution in [1.29, 1.82) is 0 Å². The minimum atomic E-state index is -1.29. The van der Waals surface area contributed by atoms with E-state index < -0.39 is 12.1 Å². The monoisotopic (exact) mass is 287 g/mol. The van der Waals surface area contributed by atoms with Crippen molar-refractivity contribution in [3.63, 3.8) is 0 Å². The van der Waals surface area contributed by atoms with Crippen molar-refractivity contribution >= 4 is 18.1 Å². The van der Waals surface area contributed by atoms with Crippen LogP contribution in [0.15, 0.2) is 48.4 Å². The maximum Gasteiger partial charge on any atom is 0.412 e. The molecule has 0 fully saturated rings. The number of carboxylic acid groups (broad SMARTS) is 1. The number of hydrogen-bond donors (Lipinski definition) is 3. The fourth-order valence-electron chi connectivity index (χ4n) is 1.51. The summed E-state index contributed by atoms with van der Waals surface area (Å²) in [6.45, 7) is 0.0559. The molecular formula is C14H13N3O4. The van der Waals surface area contributed by atoms with Crippen molar-refractivity contribution < 1.29 is 19.4 Å². The summed E-state index contributed by atoms with van der Waals surface area (Å²) in [5, 5.41) is 11.2. The van der Waals surface area contributed by atoms with Crippen LogP contribution in [0.3, 0.4) is 0 Å². The normalized spacial score (nSPS) is 11.0. The molecule has 0 aliphatic heterocycles. The largest absolute Gasteiger partial charge is 0.477 e. The first-order valence-electron chi connectivity index (χ1n) is 6.07. The van der Waals surface area contributed by atoms with Crippen molar-refractivity contribution in [1.82, 2.24) is 15.3 Å². The second-order valence-electron chi connectivity index (χ2n) is 4.02. The number of carboxylic acids is 1. The lowest BCUT2D eigenvalue weighted by molar-refractivity contribution is -0.132. The van der Waals surface area contributed by atoms with Crippen LogP contribution >= 0.6 is 0 Å². The predicted octanol–water partition coefficient (Wildman–Crippen LogP) is 1.76. The third kappa shape index (κ3) is 4.50. The Kier molecular flexibility index (Phi) is 4.70. The van der Waals surface area contributed by atoms with Crippen LogP contribution in [0.1, 0.15) is 11.4 Å². The Bertz CT molecular complexity index is 636. The van der Waals surface area contributed by atoms with Gasteiger partial charge in [-0.25, -0.2) is 14.6 Å². The molecule has 0 aliphatic rings. The van der Waals surface area contributed by atoms with Gasteiger partial charge >= 0.3 is 12.1 Å². The Morgan fingerprint density at radius 3 is 2.71 bits per heavy atom. The van der Waals surface area contributed by atoms with Gasteiger partial charge in [-0.3, -0.25) is 5.32 Å². The van der Waals surface area contributed by atoms with Crippen LogP contribution in [0.2, 0.25) is 0 Å². The van der Waals surface area contributed by atoms with E-state index in [-0.39, 0.29) is 12.3 Å². The van der Waals surface area contributed by atoms with Gasteiger partial charge in [0, 0.05) is 18.5 Å². The van der Waals surface area contributed by atoms with Crippen molar-refractivity contribution in [3.05, 3.63) is 59.8 Å². The molecule has 1 aromatic heterocycles. The molecule has 1 heterocycles. The smallest absolute Gasteiger partial charge is 0.412 e. The van der Waals surface area contributed by atoms with Crippen LogP contribution in [0, 0.1) is 0 Å². The van der Waals surface area contributed by atoms with E-state index in [9.17, 15) is 9.59 Å². The summed E-state index contributed by atoms with van der Waals surface area (Å²) < 4.78 is 4.94. The molecule has 2 rings (SSSR count). The standard InChI is InChI=1S/C14H13N3O4/c18-13(19)11(8-12-15-6-7-16-12)17-14(20)21-9-10-4-2-1-3-5-10/h1-8H,9H2,(H,15,16)(H,17,20)(H,18,19). The second-order valence-corrected chi connectivity index (χ2v) is 4.02. The average Bonchev–Trinajstić information content (AvgIpc) is 2.98. The van der Waals surface area contributed by atoms with Crippen LogP contribution in [0.5, 0.6) is 0 Å². The molecule has 0 aliphatic carbocycles. The molecule has 0 spiro atoms. The van der Waals surface area contributed by atoms with Gasteiger partial charge in [0.05, 0.1) is 0 Å². The van der Waals surface area contributed by atoms with Gasteiger partial charge in [0.15, 0.2) is 0 Å². The highest BCUT2D eigenvalue weighted by atomic mass is 16.5. The summed E-state index contributed by atoms with van der Waals surface area (Å²) in [5.74, 6) is -0.973. The van der Waals surface area contributed by atoms with E-state index in [1.165, 1.54) is 12.3 Å². The van der Waals surface area contributed by atoms with E-state index in [1.54, 1.807) is 18.3 Å². The zero-order valence-corrected chi connectivity index (χ0v) is 10.9. The summed E-state index contributed by atoms with van der Waals surface area (Å²) in [5.41, 5.74) is 0.475. The molecule has 2 aromatic rings. The lowest BCUT2D eigenvalue weighted by Gasteiger charge is -2.07. The van der Waals surface area contributed by atoms with Gasteiger partial charge in [-0.1, -0.05) is 30.3 Å². The highest BCUT2D eigenvalue weighted by Crippen LogP contribution is 2.03. The Morgan fingerprint density at radius 2 is 2.10 bits per heavy atom. The third-order valence-electron chi connectivity index (χ3n) is 2.48. The fraction of sp³-hybridized carbons (Fsp3) is 0.0714. The van der Waals surface area contributed by atoms with Crippen LogP contribution < -0.4 is 5.32 Å². The molecule has 0 radical (unpaired) electrons. The Morgan fingerprint density at radius 1 is 1.33 bits per heavy atom. The van der Waals surface area contributed by atoms with E-state index >= 15 is 0 Å². The molecule has 0 saturated heterocycles. The number of benzene rings is 1. The van der Waals surface area contributed by atoms with Crippen molar-refractivity contribution in [2.24, 2.45) is 0 Å². The molecule has 21 heavy (non-hydrogen) atoms. The number of nitrogens with zero attached hydrogens (tertiary/aromatic N) is 1. The number of H-pyrrole nitrogens is 1. The van der Waals surface area contributed by atoms with Crippen LogP contribution in [-0.2, 0) is 16.1 Å². The van der Waals surface area contributed by atoms with E-state index in [0.717, 1.165) is 5.56 Å². The summed E-state index contributed by atoms with van der Waals surface area (Å²) in [6.07, 6.45) is 3.36. The average molecular weight is 287 g/mol. The van der Waals surface area contributed by atoms with E-state index in [4.69, 9.17) is 9.84 Å². The number of amides is 1. The third-order valence-corrected chi connectivity index (χ3v) is 2.48. The number of carbonyl (C=O) groups is 2. The summed E-state index contributed by atoms with van der Waals surface area (Å²) in [4.78, 5) is 29.2. The molecule has 0 atom stereocenters. The van der Waals surface area contributed by atoms with Crippen molar-refractivity contribution in [2.45, 2.75) is 6.61 Å². The number of ether oxygens (including phenoxy) is 1. The fourth-order valence-corrected chi connectivity index (χ4v) is 1.51. The molecule has 1 aromatic carbocycles. The molecule has 0 bridgehead atoms. The van der Waals surface area contributed by atoms with Gasteiger partial charge in [-0.05, 0) is 5.56 Å². The molecular weight excluding hydrogens is 274 g/mol. The highest BCUT2D eigenvalue weighted by Gasteiger charge is 2.13. The van der Waals surface area contributed by atoms with Crippen LogP contribution in [0.25, 0.3) is 6.08 Å².